The molecule has 0 aromatic heterocycles. The van der Waals surface area contributed by atoms with Gasteiger partial charge in [0.05, 0.1) is 12.8 Å². The summed E-state index contributed by atoms with van der Waals surface area (Å²) in [5.41, 5.74) is 2.71. The van der Waals surface area contributed by atoms with E-state index in [4.69, 9.17) is 14.2 Å². The van der Waals surface area contributed by atoms with Crippen LogP contribution in [-0.2, 0) is 9.59 Å². The molecule has 1 N–H and O–H groups in total. The second-order valence-corrected chi connectivity index (χ2v) is 8.42. The molecule has 186 valence electrons. The molecule has 3 aromatic carbocycles. The normalized spacial score (nSPS) is 12.4. The highest BCUT2D eigenvalue weighted by molar-refractivity contribution is 6.02. The van der Waals surface area contributed by atoms with E-state index in [0.717, 1.165) is 5.56 Å². The van der Waals surface area contributed by atoms with Crippen LogP contribution in [0.5, 0.6) is 17.2 Å². The number of aryl methyl sites for hydroxylation is 1. The van der Waals surface area contributed by atoms with Gasteiger partial charge in [0.25, 0.3) is 5.91 Å². The van der Waals surface area contributed by atoms with Gasteiger partial charge in [0.1, 0.15) is 17.2 Å². The van der Waals surface area contributed by atoms with E-state index in [9.17, 15) is 14.4 Å². The van der Waals surface area contributed by atoms with Crippen LogP contribution in [-0.4, -0.2) is 44.5 Å². The van der Waals surface area contributed by atoms with Gasteiger partial charge in [-0.05, 0) is 67.9 Å². The molecule has 0 unspecified atom stereocenters. The second-order valence-electron chi connectivity index (χ2n) is 8.42. The number of ketones is 1. The first-order valence-corrected chi connectivity index (χ1v) is 11.7. The zero-order valence-electron chi connectivity index (χ0n) is 20.3. The van der Waals surface area contributed by atoms with E-state index in [1.54, 1.807) is 54.5 Å². The summed E-state index contributed by atoms with van der Waals surface area (Å²) in [6, 6.07) is 19.5. The van der Waals surface area contributed by atoms with Crippen LogP contribution in [0.25, 0.3) is 0 Å². The Labute approximate surface area is 209 Å². The lowest BCUT2D eigenvalue weighted by atomic mass is 10.1. The van der Waals surface area contributed by atoms with E-state index < -0.39 is 0 Å². The second kappa shape index (κ2) is 11.4. The monoisotopic (exact) mass is 488 g/mol. The number of hydrogen-bond acceptors (Lipinski definition) is 6. The Morgan fingerprint density at radius 2 is 1.72 bits per heavy atom. The SMILES string of the molecule is COc1ccc(NC(=O)CCCN2C(=O)COc3ccc(C(=O)COc4ccc(C)cc4)cc32)cc1. The molecule has 0 saturated carbocycles. The van der Waals surface area contributed by atoms with Crippen molar-refractivity contribution in [3.05, 3.63) is 77.9 Å². The van der Waals surface area contributed by atoms with Gasteiger partial charge in [-0.25, -0.2) is 0 Å². The summed E-state index contributed by atoms with van der Waals surface area (Å²) in [5, 5.41) is 2.83. The number of hydrogen-bond donors (Lipinski definition) is 1. The molecule has 8 heteroatoms. The van der Waals surface area contributed by atoms with E-state index in [1.807, 2.05) is 31.2 Å². The summed E-state index contributed by atoms with van der Waals surface area (Å²) in [6.07, 6.45) is 0.677. The molecule has 1 heterocycles. The Morgan fingerprint density at radius 1 is 1.00 bits per heavy atom. The number of carbonyl (C=O) groups is 3. The van der Waals surface area contributed by atoms with Crippen LogP contribution in [0, 0.1) is 6.92 Å². The lowest BCUT2D eigenvalue weighted by molar-refractivity contribution is -0.121. The number of fused-ring (bicyclic) bond motifs is 1. The number of rotatable bonds is 10. The maximum Gasteiger partial charge on any atom is 0.265 e. The zero-order valence-corrected chi connectivity index (χ0v) is 20.3. The van der Waals surface area contributed by atoms with Crippen molar-refractivity contribution >= 4 is 29.0 Å². The molecule has 0 atom stereocenters. The van der Waals surface area contributed by atoms with E-state index >= 15 is 0 Å². The Bertz CT molecular complexity index is 1240. The van der Waals surface area contributed by atoms with Gasteiger partial charge in [0.2, 0.25) is 5.91 Å². The van der Waals surface area contributed by atoms with E-state index in [1.165, 1.54) is 0 Å². The van der Waals surface area contributed by atoms with Gasteiger partial charge in [0, 0.05) is 24.2 Å². The third-order valence-electron chi connectivity index (χ3n) is 5.77. The largest absolute Gasteiger partial charge is 0.497 e. The highest BCUT2D eigenvalue weighted by Gasteiger charge is 2.26. The van der Waals surface area contributed by atoms with Gasteiger partial charge in [-0.1, -0.05) is 17.7 Å². The first-order valence-electron chi connectivity index (χ1n) is 11.7. The van der Waals surface area contributed by atoms with Gasteiger partial charge in [-0.15, -0.1) is 0 Å². The van der Waals surface area contributed by atoms with Crippen molar-refractivity contribution in [2.24, 2.45) is 0 Å². The Hall–Kier alpha value is -4.33. The fourth-order valence-corrected chi connectivity index (χ4v) is 3.78. The first kappa shape index (κ1) is 24.8. The quantitative estimate of drug-likeness (QED) is 0.425. The summed E-state index contributed by atoms with van der Waals surface area (Å²) in [5.74, 6) is 1.25. The molecule has 0 fully saturated rings. The molecule has 2 amide bonds. The molecule has 3 aromatic rings. The molecule has 0 radical (unpaired) electrons. The average Bonchev–Trinajstić information content (AvgIpc) is 2.89. The summed E-state index contributed by atoms with van der Waals surface area (Å²) in [4.78, 5) is 39.3. The zero-order chi connectivity index (χ0) is 25.5. The predicted molar refractivity (Wildman–Crippen MR) is 136 cm³/mol. The number of methoxy groups -OCH3 is 1. The molecule has 36 heavy (non-hydrogen) atoms. The van der Waals surface area contributed by atoms with Gasteiger partial charge in [-0.2, -0.15) is 0 Å². The number of amides is 2. The fraction of sp³-hybridized carbons (Fsp3) is 0.250. The molecule has 1 aliphatic rings. The minimum Gasteiger partial charge on any atom is -0.497 e. The molecule has 1 aliphatic heterocycles. The fourth-order valence-electron chi connectivity index (χ4n) is 3.78. The van der Waals surface area contributed by atoms with Crippen molar-refractivity contribution in [2.75, 3.05) is 37.1 Å². The van der Waals surface area contributed by atoms with Crippen LogP contribution in [0.1, 0.15) is 28.8 Å². The molecular formula is C28H28N2O6. The maximum atomic E-state index is 12.7. The number of nitrogens with one attached hydrogen (secondary N) is 1. The molecule has 8 nitrogen and oxygen atoms in total. The molecule has 0 saturated heterocycles. The standard InChI is InChI=1S/C28H28N2O6/c1-19-5-10-23(11-6-19)35-17-25(31)20-7-14-26-24(16-20)30(28(33)18-36-26)15-3-4-27(32)29-21-8-12-22(34-2)13-9-21/h5-14,16H,3-4,15,17-18H2,1-2H3,(H,29,32). The van der Waals surface area contributed by atoms with Crippen molar-refractivity contribution in [1.82, 2.24) is 0 Å². The number of benzene rings is 3. The third kappa shape index (κ3) is 6.21. The summed E-state index contributed by atoms with van der Waals surface area (Å²) >= 11 is 0. The first-order chi connectivity index (χ1) is 17.4. The topological polar surface area (TPSA) is 94.2 Å². The summed E-state index contributed by atoms with van der Waals surface area (Å²) < 4.78 is 16.3. The Kier molecular flexibility index (Phi) is 7.85. The van der Waals surface area contributed by atoms with Gasteiger partial charge in [0.15, 0.2) is 19.0 Å². The van der Waals surface area contributed by atoms with Crippen LogP contribution < -0.4 is 24.4 Å². The van der Waals surface area contributed by atoms with Crippen LogP contribution in [0.2, 0.25) is 0 Å². The van der Waals surface area contributed by atoms with Crippen molar-refractivity contribution < 1.29 is 28.6 Å². The van der Waals surface area contributed by atoms with Crippen molar-refractivity contribution in [3.8, 4) is 17.2 Å². The van der Waals surface area contributed by atoms with E-state index in [-0.39, 0.29) is 37.2 Å². The Morgan fingerprint density at radius 3 is 2.44 bits per heavy atom. The lowest BCUT2D eigenvalue weighted by Gasteiger charge is -2.29. The van der Waals surface area contributed by atoms with Crippen LogP contribution >= 0.6 is 0 Å². The molecule has 0 aliphatic carbocycles. The molecule has 4 rings (SSSR count). The minimum atomic E-state index is -0.224. The van der Waals surface area contributed by atoms with Crippen LogP contribution in [0.3, 0.4) is 0 Å². The highest BCUT2D eigenvalue weighted by atomic mass is 16.5. The number of carbonyl (C=O) groups excluding carboxylic acids is 3. The van der Waals surface area contributed by atoms with Gasteiger partial charge in [-0.3, -0.25) is 14.4 Å². The van der Waals surface area contributed by atoms with Crippen LogP contribution in [0.15, 0.2) is 66.7 Å². The number of anilines is 2. The van der Waals surface area contributed by atoms with Crippen LogP contribution in [0.4, 0.5) is 11.4 Å². The third-order valence-corrected chi connectivity index (χ3v) is 5.77. The lowest BCUT2D eigenvalue weighted by Crippen LogP contribution is -2.39. The summed E-state index contributed by atoms with van der Waals surface area (Å²) in [6.45, 7) is 2.09. The van der Waals surface area contributed by atoms with Crippen molar-refractivity contribution in [3.63, 3.8) is 0 Å². The average molecular weight is 489 g/mol. The smallest absolute Gasteiger partial charge is 0.265 e. The van der Waals surface area contributed by atoms with E-state index in [0.29, 0.717) is 47.2 Å². The Balaban J connectivity index is 1.35. The van der Waals surface area contributed by atoms with E-state index in [2.05, 4.69) is 5.32 Å². The van der Waals surface area contributed by atoms with Crippen molar-refractivity contribution in [1.29, 1.82) is 0 Å². The van der Waals surface area contributed by atoms with Crippen molar-refractivity contribution in [2.45, 2.75) is 19.8 Å². The number of ether oxygens (including phenoxy) is 3. The highest BCUT2D eigenvalue weighted by Crippen LogP contribution is 2.33. The predicted octanol–water partition coefficient (Wildman–Crippen LogP) is 4.41. The molecule has 0 bridgehead atoms. The number of nitrogens with zero attached hydrogens (tertiary/aromatic N) is 1. The molecular weight excluding hydrogens is 460 g/mol. The maximum absolute atomic E-state index is 12.7. The van der Waals surface area contributed by atoms with Gasteiger partial charge >= 0.3 is 0 Å². The number of Topliss-reactive ketones (excluding diaryl/α,β-unsaturated/α-hetero) is 1. The molecule has 0 spiro atoms. The van der Waals surface area contributed by atoms with Gasteiger partial charge < -0.3 is 24.4 Å². The summed E-state index contributed by atoms with van der Waals surface area (Å²) in [7, 11) is 1.58. The minimum absolute atomic E-state index is 0.0884.